The van der Waals surface area contributed by atoms with Crippen LogP contribution in [-0.2, 0) is 24.6 Å². The minimum Gasteiger partial charge on any atom is -0.398 e. The SMILES string of the molecule is Nc1ccc(S(=O)(=O)NCCOS(=O)(=O)O)cc1Br. The second kappa shape index (κ2) is 6.15. The van der Waals surface area contributed by atoms with E-state index in [0.717, 1.165) is 0 Å². The summed E-state index contributed by atoms with van der Waals surface area (Å²) in [5.74, 6) is 0. The van der Waals surface area contributed by atoms with Gasteiger partial charge in [0.25, 0.3) is 0 Å². The quantitative estimate of drug-likeness (QED) is 0.365. The number of hydrogen-bond donors (Lipinski definition) is 3. The molecule has 1 rings (SSSR count). The van der Waals surface area contributed by atoms with Crippen molar-refractivity contribution in [2.45, 2.75) is 4.90 Å². The molecule has 4 N–H and O–H groups in total. The molecule has 0 heterocycles. The summed E-state index contributed by atoms with van der Waals surface area (Å²) in [6.07, 6.45) is 0. The van der Waals surface area contributed by atoms with E-state index >= 15 is 0 Å². The first-order valence-electron chi connectivity index (χ1n) is 4.78. The van der Waals surface area contributed by atoms with Crippen molar-refractivity contribution in [2.75, 3.05) is 18.9 Å². The summed E-state index contributed by atoms with van der Waals surface area (Å²) in [5, 5.41) is 0. The van der Waals surface area contributed by atoms with Crippen LogP contribution in [0, 0.1) is 0 Å². The molecule has 0 fully saturated rings. The molecule has 108 valence electrons. The molecule has 0 aliphatic carbocycles. The largest absolute Gasteiger partial charge is 0.398 e. The lowest BCUT2D eigenvalue weighted by Gasteiger charge is -2.07. The fourth-order valence-corrected chi connectivity index (χ4v) is 2.94. The zero-order chi connectivity index (χ0) is 14.7. The molecule has 0 radical (unpaired) electrons. The Morgan fingerprint density at radius 3 is 2.47 bits per heavy atom. The van der Waals surface area contributed by atoms with Crippen LogP contribution in [-0.4, -0.2) is 34.5 Å². The first-order chi connectivity index (χ1) is 8.62. The van der Waals surface area contributed by atoms with Crippen molar-refractivity contribution < 1.29 is 25.6 Å². The maximum atomic E-state index is 11.8. The number of rotatable bonds is 6. The van der Waals surface area contributed by atoms with E-state index in [2.05, 4.69) is 24.8 Å². The summed E-state index contributed by atoms with van der Waals surface area (Å²) in [6, 6.07) is 4.01. The first kappa shape index (κ1) is 16.3. The predicted molar refractivity (Wildman–Crippen MR) is 71.2 cm³/mol. The van der Waals surface area contributed by atoms with Crippen molar-refractivity contribution in [1.29, 1.82) is 0 Å². The maximum Gasteiger partial charge on any atom is 0.397 e. The van der Waals surface area contributed by atoms with E-state index in [1.165, 1.54) is 18.2 Å². The number of anilines is 1. The van der Waals surface area contributed by atoms with Gasteiger partial charge in [-0.15, -0.1) is 0 Å². The Morgan fingerprint density at radius 1 is 1.32 bits per heavy atom. The van der Waals surface area contributed by atoms with E-state index in [9.17, 15) is 16.8 Å². The van der Waals surface area contributed by atoms with E-state index in [0.29, 0.717) is 10.2 Å². The van der Waals surface area contributed by atoms with E-state index in [4.69, 9.17) is 10.3 Å². The summed E-state index contributed by atoms with van der Waals surface area (Å²) >= 11 is 3.09. The molecule has 0 saturated heterocycles. The molecular formula is C8H11BrN2O6S2. The Hall–Kier alpha value is -0.720. The third-order valence-corrected chi connectivity index (χ3v) is 4.52. The van der Waals surface area contributed by atoms with Crippen molar-refractivity contribution in [2.24, 2.45) is 0 Å². The standard InChI is InChI=1S/C8H11BrN2O6S2/c9-7-5-6(1-2-8(7)10)18(12,13)11-3-4-17-19(14,15)16/h1-2,5,11H,3-4,10H2,(H,14,15,16). The van der Waals surface area contributed by atoms with E-state index in [-0.39, 0.29) is 11.4 Å². The second-order valence-corrected chi connectivity index (χ2v) is 7.04. The maximum absolute atomic E-state index is 11.8. The smallest absolute Gasteiger partial charge is 0.397 e. The van der Waals surface area contributed by atoms with Gasteiger partial charge in [0.05, 0.1) is 11.5 Å². The number of sulfonamides is 1. The average molecular weight is 375 g/mol. The molecule has 8 nitrogen and oxygen atoms in total. The van der Waals surface area contributed by atoms with Gasteiger partial charge in [-0.3, -0.25) is 4.55 Å². The van der Waals surface area contributed by atoms with Crippen LogP contribution < -0.4 is 10.5 Å². The van der Waals surface area contributed by atoms with E-state index in [1.807, 2.05) is 0 Å². The summed E-state index contributed by atoms with van der Waals surface area (Å²) < 4.78 is 58.8. The number of hydrogen-bond acceptors (Lipinski definition) is 6. The summed E-state index contributed by atoms with van der Waals surface area (Å²) in [7, 11) is -8.39. The van der Waals surface area contributed by atoms with Crippen molar-refractivity contribution in [3.05, 3.63) is 22.7 Å². The van der Waals surface area contributed by atoms with Gasteiger partial charge in [0.15, 0.2) is 0 Å². The molecular weight excluding hydrogens is 364 g/mol. The lowest BCUT2D eigenvalue weighted by molar-refractivity contribution is 0.272. The summed E-state index contributed by atoms with van der Waals surface area (Å²) in [5.41, 5.74) is 5.91. The van der Waals surface area contributed by atoms with Crippen molar-refractivity contribution in [3.63, 3.8) is 0 Å². The fourth-order valence-electron chi connectivity index (χ4n) is 1.08. The van der Waals surface area contributed by atoms with Crippen molar-refractivity contribution in [3.8, 4) is 0 Å². The topological polar surface area (TPSA) is 136 Å². The Bertz CT molecular complexity index is 658. The van der Waals surface area contributed by atoms with Crippen LogP contribution in [0.2, 0.25) is 0 Å². The van der Waals surface area contributed by atoms with Gasteiger partial charge in [-0.2, -0.15) is 8.42 Å². The Kier molecular flexibility index (Phi) is 5.29. The molecule has 1 aromatic carbocycles. The number of benzene rings is 1. The molecule has 19 heavy (non-hydrogen) atoms. The van der Waals surface area contributed by atoms with Crippen LogP contribution in [0.25, 0.3) is 0 Å². The van der Waals surface area contributed by atoms with Gasteiger partial charge >= 0.3 is 10.4 Å². The molecule has 0 unspecified atom stereocenters. The second-order valence-electron chi connectivity index (χ2n) is 3.33. The Morgan fingerprint density at radius 2 is 1.95 bits per heavy atom. The highest BCUT2D eigenvalue weighted by atomic mass is 79.9. The lowest BCUT2D eigenvalue weighted by atomic mass is 10.3. The van der Waals surface area contributed by atoms with Crippen LogP contribution in [0.15, 0.2) is 27.6 Å². The molecule has 0 aromatic heterocycles. The highest BCUT2D eigenvalue weighted by molar-refractivity contribution is 9.10. The Balaban J connectivity index is 2.68. The summed E-state index contributed by atoms with van der Waals surface area (Å²) in [4.78, 5) is -0.0413. The minimum atomic E-state index is -4.58. The highest BCUT2D eigenvalue weighted by Crippen LogP contribution is 2.22. The highest BCUT2D eigenvalue weighted by Gasteiger charge is 2.15. The van der Waals surface area contributed by atoms with Crippen molar-refractivity contribution in [1.82, 2.24) is 4.72 Å². The van der Waals surface area contributed by atoms with Gasteiger partial charge in [0.1, 0.15) is 0 Å². The average Bonchev–Trinajstić information content (AvgIpc) is 2.27. The van der Waals surface area contributed by atoms with Gasteiger partial charge in [-0.1, -0.05) is 0 Å². The van der Waals surface area contributed by atoms with Gasteiger partial charge in [-0.05, 0) is 34.1 Å². The number of nitrogens with one attached hydrogen (secondary N) is 1. The number of halogens is 1. The normalized spacial score (nSPS) is 12.5. The van der Waals surface area contributed by atoms with Crippen molar-refractivity contribution >= 4 is 42.0 Å². The van der Waals surface area contributed by atoms with Gasteiger partial charge in [-0.25, -0.2) is 17.3 Å². The third-order valence-electron chi connectivity index (χ3n) is 1.91. The van der Waals surface area contributed by atoms with Gasteiger partial charge in [0, 0.05) is 16.7 Å². The zero-order valence-electron chi connectivity index (χ0n) is 9.41. The summed E-state index contributed by atoms with van der Waals surface area (Å²) in [6.45, 7) is -0.835. The molecule has 0 aliphatic rings. The van der Waals surface area contributed by atoms with E-state index < -0.39 is 27.0 Å². The number of nitrogens with two attached hydrogens (primary N) is 1. The fraction of sp³-hybridized carbons (Fsp3) is 0.250. The van der Waals surface area contributed by atoms with Crippen LogP contribution >= 0.6 is 15.9 Å². The monoisotopic (exact) mass is 374 g/mol. The van der Waals surface area contributed by atoms with E-state index in [1.54, 1.807) is 0 Å². The minimum absolute atomic E-state index is 0.0413. The lowest BCUT2D eigenvalue weighted by Crippen LogP contribution is -2.28. The molecule has 0 bridgehead atoms. The number of nitrogen functional groups attached to an aromatic ring is 1. The van der Waals surface area contributed by atoms with Crippen LogP contribution in [0.3, 0.4) is 0 Å². The van der Waals surface area contributed by atoms with Crippen LogP contribution in [0.5, 0.6) is 0 Å². The zero-order valence-corrected chi connectivity index (χ0v) is 12.6. The molecule has 0 amide bonds. The molecule has 0 aliphatic heterocycles. The predicted octanol–water partition coefficient (Wildman–Crippen LogP) is 0.129. The molecule has 0 atom stereocenters. The van der Waals surface area contributed by atoms with Crippen LogP contribution in [0.4, 0.5) is 5.69 Å². The molecule has 0 saturated carbocycles. The molecule has 0 spiro atoms. The molecule has 1 aromatic rings. The van der Waals surface area contributed by atoms with Crippen LogP contribution in [0.1, 0.15) is 0 Å². The van der Waals surface area contributed by atoms with Gasteiger partial charge in [0.2, 0.25) is 10.0 Å². The first-order valence-corrected chi connectivity index (χ1v) is 8.42. The van der Waals surface area contributed by atoms with Gasteiger partial charge < -0.3 is 5.73 Å². The Labute approximate surface area is 119 Å². The third kappa shape index (κ3) is 5.42. The molecule has 11 heteroatoms.